The summed E-state index contributed by atoms with van der Waals surface area (Å²) in [5.41, 5.74) is 0.705. The van der Waals surface area contributed by atoms with Crippen LogP contribution in [-0.4, -0.2) is 56.8 Å². The van der Waals surface area contributed by atoms with Crippen molar-refractivity contribution < 1.29 is 31.9 Å². The third kappa shape index (κ3) is 6.75. The minimum Gasteiger partial charge on any atom is -0.454 e. The summed E-state index contributed by atoms with van der Waals surface area (Å²) < 4.78 is 51.4. The molecule has 1 heterocycles. The van der Waals surface area contributed by atoms with Crippen molar-refractivity contribution in [2.24, 2.45) is 0 Å². The van der Waals surface area contributed by atoms with Crippen LogP contribution in [0.3, 0.4) is 0 Å². The van der Waals surface area contributed by atoms with Crippen LogP contribution in [0.2, 0.25) is 0 Å². The fraction of sp³-hybridized carbons (Fsp3) is 0.481. The summed E-state index contributed by atoms with van der Waals surface area (Å²) in [7, 11) is -3.65. The average Bonchev–Trinajstić information content (AvgIpc) is 3.56. The number of ether oxygens (including phenoxy) is 2. The van der Waals surface area contributed by atoms with Crippen molar-refractivity contribution in [1.29, 1.82) is 0 Å². The zero-order valence-corrected chi connectivity index (χ0v) is 22.5. The molecule has 0 spiro atoms. The molecule has 0 saturated heterocycles. The van der Waals surface area contributed by atoms with Crippen LogP contribution in [0.4, 0.5) is 10.1 Å². The number of anilines is 1. The van der Waals surface area contributed by atoms with Gasteiger partial charge >= 0.3 is 0 Å². The molecule has 4 rings (SSSR count). The van der Waals surface area contributed by atoms with Gasteiger partial charge in [-0.05, 0) is 44.4 Å². The van der Waals surface area contributed by atoms with Gasteiger partial charge in [0, 0.05) is 37.2 Å². The van der Waals surface area contributed by atoms with E-state index in [-0.39, 0.29) is 50.6 Å². The van der Waals surface area contributed by atoms with Crippen LogP contribution in [0.25, 0.3) is 0 Å². The lowest BCUT2D eigenvalue weighted by Crippen LogP contribution is -2.49. The molecule has 1 N–H and O–H groups in total. The quantitative estimate of drug-likeness (QED) is 0.461. The van der Waals surface area contributed by atoms with Crippen LogP contribution in [-0.2, 0) is 26.2 Å². The van der Waals surface area contributed by atoms with Crippen LogP contribution >= 0.6 is 0 Å². The van der Waals surface area contributed by atoms with E-state index >= 15 is 0 Å². The number of carbonyl (C=O) groups excluding carboxylic acids is 2. The summed E-state index contributed by atoms with van der Waals surface area (Å²) >= 11 is 0. The third-order valence-electron chi connectivity index (χ3n) is 6.96. The standard InChI is InChI=1S/C27H34FN3O6S/c1-19(27(33)29-21-9-4-5-10-21)30(17-20-8-3-6-11-23(20)28)26(32)12-7-15-31(38(2,34)35)22-13-14-24-25(16-22)37-18-36-24/h3,6,8,11,13-14,16,19,21H,4-5,7,9-10,12,15,17-18H2,1-2H3,(H,29,33)/t19-/m1/s1. The Morgan fingerprint density at radius 1 is 1.11 bits per heavy atom. The summed E-state index contributed by atoms with van der Waals surface area (Å²) in [6.07, 6.45) is 5.19. The lowest BCUT2D eigenvalue weighted by molar-refractivity contribution is -0.141. The zero-order chi connectivity index (χ0) is 27.3. The van der Waals surface area contributed by atoms with E-state index in [1.165, 1.54) is 15.3 Å². The summed E-state index contributed by atoms with van der Waals surface area (Å²) in [5, 5.41) is 3.01. The average molecular weight is 548 g/mol. The molecule has 206 valence electrons. The zero-order valence-electron chi connectivity index (χ0n) is 21.7. The van der Waals surface area contributed by atoms with Gasteiger partial charge in [0.25, 0.3) is 0 Å². The Morgan fingerprint density at radius 3 is 2.53 bits per heavy atom. The first-order valence-electron chi connectivity index (χ1n) is 12.8. The second-order valence-electron chi connectivity index (χ2n) is 9.76. The molecular weight excluding hydrogens is 513 g/mol. The van der Waals surface area contributed by atoms with Gasteiger partial charge in [0.15, 0.2) is 11.5 Å². The molecule has 2 aliphatic rings. The maximum Gasteiger partial charge on any atom is 0.242 e. The number of nitrogens with zero attached hydrogens (tertiary/aromatic N) is 2. The van der Waals surface area contributed by atoms with Gasteiger partial charge in [0.2, 0.25) is 28.6 Å². The van der Waals surface area contributed by atoms with Gasteiger partial charge in [0.1, 0.15) is 11.9 Å². The second-order valence-corrected chi connectivity index (χ2v) is 11.7. The van der Waals surface area contributed by atoms with E-state index in [1.807, 2.05) is 0 Å². The van der Waals surface area contributed by atoms with Gasteiger partial charge in [-0.2, -0.15) is 0 Å². The predicted molar refractivity (Wildman–Crippen MR) is 141 cm³/mol. The molecule has 0 radical (unpaired) electrons. The fourth-order valence-electron chi connectivity index (χ4n) is 4.83. The number of benzene rings is 2. The van der Waals surface area contributed by atoms with Crippen molar-refractivity contribution in [1.82, 2.24) is 10.2 Å². The van der Waals surface area contributed by atoms with Crippen molar-refractivity contribution in [2.75, 3.05) is 23.9 Å². The highest BCUT2D eigenvalue weighted by molar-refractivity contribution is 7.92. The largest absolute Gasteiger partial charge is 0.454 e. The van der Waals surface area contributed by atoms with Crippen LogP contribution in [0.15, 0.2) is 42.5 Å². The smallest absolute Gasteiger partial charge is 0.242 e. The Bertz CT molecular complexity index is 1270. The molecule has 1 saturated carbocycles. The molecule has 0 bridgehead atoms. The number of sulfonamides is 1. The van der Waals surface area contributed by atoms with Crippen molar-refractivity contribution in [3.63, 3.8) is 0 Å². The highest BCUT2D eigenvalue weighted by atomic mass is 32.2. The van der Waals surface area contributed by atoms with Crippen LogP contribution in [0, 0.1) is 5.82 Å². The summed E-state index contributed by atoms with van der Waals surface area (Å²) in [5.74, 6) is -0.114. The normalized spacial score (nSPS) is 15.8. The van der Waals surface area contributed by atoms with E-state index < -0.39 is 21.9 Å². The first kappa shape index (κ1) is 27.7. The van der Waals surface area contributed by atoms with Crippen LogP contribution in [0.1, 0.15) is 51.0 Å². The number of rotatable bonds is 11. The minimum atomic E-state index is -3.65. The minimum absolute atomic E-state index is 0.0218. The second kappa shape index (κ2) is 12.0. The molecule has 1 aliphatic heterocycles. The van der Waals surface area contributed by atoms with E-state index in [4.69, 9.17) is 9.47 Å². The molecule has 1 fully saturated rings. The van der Waals surface area contributed by atoms with Crippen molar-refractivity contribution >= 4 is 27.5 Å². The Kier molecular flexibility index (Phi) is 8.76. The fourth-order valence-corrected chi connectivity index (χ4v) is 5.79. The molecule has 0 aromatic heterocycles. The molecule has 1 atom stereocenters. The van der Waals surface area contributed by atoms with Crippen molar-refractivity contribution in [3.8, 4) is 11.5 Å². The Hall–Kier alpha value is -3.34. The van der Waals surface area contributed by atoms with Gasteiger partial charge in [0.05, 0.1) is 11.9 Å². The number of hydrogen-bond acceptors (Lipinski definition) is 6. The first-order valence-corrected chi connectivity index (χ1v) is 14.7. The summed E-state index contributed by atoms with van der Waals surface area (Å²) in [6, 6.07) is 10.3. The summed E-state index contributed by atoms with van der Waals surface area (Å²) in [4.78, 5) is 27.8. The molecule has 38 heavy (non-hydrogen) atoms. The molecular formula is C27H34FN3O6S. The van der Waals surface area contributed by atoms with E-state index in [0.717, 1.165) is 31.9 Å². The Balaban J connectivity index is 1.46. The van der Waals surface area contributed by atoms with Crippen molar-refractivity contribution in [3.05, 3.63) is 53.8 Å². The number of carbonyl (C=O) groups is 2. The van der Waals surface area contributed by atoms with Crippen LogP contribution < -0.4 is 19.1 Å². The van der Waals surface area contributed by atoms with Gasteiger partial charge in [-0.25, -0.2) is 12.8 Å². The Labute approximate surface area is 222 Å². The van der Waals surface area contributed by atoms with Crippen LogP contribution in [0.5, 0.6) is 11.5 Å². The molecule has 2 aromatic rings. The number of fused-ring (bicyclic) bond motifs is 1. The van der Waals surface area contributed by atoms with Gasteiger partial charge in [-0.15, -0.1) is 0 Å². The van der Waals surface area contributed by atoms with Gasteiger partial charge in [-0.3, -0.25) is 13.9 Å². The number of nitrogens with one attached hydrogen (secondary N) is 1. The molecule has 2 amide bonds. The third-order valence-corrected chi connectivity index (χ3v) is 8.16. The summed E-state index contributed by atoms with van der Waals surface area (Å²) in [6.45, 7) is 1.68. The van der Waals surface area contributed by atoms with Gasteiger partial charge < -0.3 is 19.7 Å². The van der Waals surface area contributed by atoms with Crippen molar-refractivity contribution in [2.45, 2.75) is 64.1 Å². The monoisotopic (exact) mass is 547 g/mol. The Morgan fingerprint density at radius 2 is 1.82 bits per heavy atom. The topological polar surface area (TPSA) is 105 Å². The highest BCUT2D eigenvalue weighted by Gasteiger charge is 2.29. The predicted octanol–water partition coefficient (Wildman–Crippen LogP) is 3.58. The number of halogens is 1. The van der Waals surface area contributed by atoms with E-state index in [0.29, 0.717) is 22.7 Å². The number of hydrogen-bond donors (Lipinski definition) is 1. The molecule has 11 heteroatoms. The molecule has 1 aliphatic carbocycles. The van der Waals surface area contributed by atoms with Gasteiger partial charge in [-0.1, -0.05) is 31.0 Å². The maximum absolute atomic E-state index is 14.4. The lowest BCUT2D eigenvalue weighted by Gasteiger charge is -2.30. The van der Waals surface area contributed by atoms with E-state index in [9.17, 15) is 22.4 Å². The molecule has 9 nitrogen and oxygen atoms in total. The first-order chi connectivity index (χ1) is 18.1. The van der Waals surface area contributed by atoms with E-state index in [2.05, 4.69) is 5.32 Å². The highest BCUT2D eigenvalue weighted by Crippen LogP contribution is 2.36. The lowest BCUT2D eigenvalue weighted by atomic mass is 10.1. The van der Waals surface area contributed by atoms with E-state index in [1.54, 1.807) is 43.3 Å². The maximum atomic E-state index is 14.4. The SMILES string of the molecule is C[C@H](C(=O)NC1CCCC1)N(Cc1ccccc1F)C(=O)CCCN(c1ccc2c(c1)OCO2)S(C)(=O)=O. The number of amides is 2. The molecule has 0 unspecified atom stereocenters. The molecule has 2 aromatic carbocycles.